The molecule has 3 amide bonds. The lowest BCUT2D eigenvalue weighted by atomic mass is 9.75. The molecule has 8 heteroatoms. The Balaban J connectivity index is 1.07. The third-order valence-corrected chi connectivity index (χ3v) is 9.46. The summed E-state index contributed by atoms with van der Waals surface area (Å²) < 4.78 is 5.91. The number of carbonyl (C=O) groups excluding carboxylic acids is 4. The lowest BCUT2D eigenvalue weighted by Crippen LogP contribution is -2.38. The third kappa shape index (κ3) is 4.46. The topological polar surface area (TPSA) is 93.2 Å². The first kappa shape index (κ1) is 26.4. The van der Waals surface area contributed by atoms with Crippen LogP contribution in [0.4, 0.5) is 4.79 Å². The average Bonchev–Trinajstić information content (AvgIpc) is 3.69. The molecular formula is C34H32N2O6. The molecule has 0 unspecified atom stereocenters. The summed E-state index contributed by atoms with van der Waals surface area (Å²) in [6.07, 6.45) is 4.79. The van der Waals surface area contributed by atoms with E-state index < -0.39 is 29.8 Å². The van der Waals surface area contributed by atoms with Gasteiger partial charge in [-0.05, 0) is 46.2 Å². The van der Waals surface area contributed by atoms with Crippen molar-refractivity contribution in [2.24, 2.45) is 17.8 Å². The number of hydrogen-bond acceptors (Lipinski definition) is 6. The summed E-state index contributed by atoms with van der Waals surface area (Å²) in [5.41, 5.74) is 5.01. The van der Waals surface area contributed by atoms with Crippen LogP contribution >= 0.6 is 0 Å². The Hall–Kier alpha value is -4.46. The van der Waals surface area contributed by atoms with Crippen molar-refractivity contribution in [2.45, 2.75) is 38.0 Å². The second-order valence-electron chi connectivity index (χ2n) is 11.7. The lowest BCUT2D eigenvalue weighted by Gasteiger charge is -2.30. The first-order valence-electron chi connectivity index (χ1n) is 14.8. The Morgan fingerprint density at radius 1 is 0.714 bits per heavy atom. The zero-order valence-corrected chi connectivity index (χ0v) is 23.2. The van der Waals surface area contributed by atoms with Gasteiger partial charge in [0.2, 0.25) is 0 Å². The van der Waals surface area contributed by atoms with Gasteiger partial charge in [-0.1, -0.05) is 97.8 Å². The van der Waals surface area contributed by atoms with Crippen molar-refractivity contribution in [3.8, 4) is 11.1 Å². The maximum atomic E-state index is 13.6. The quantitative estimate of drug-likeness (QED) is 0.363. The molecule has 2 aliphatic heterocycles. The third-order valence-electron chi connectivity index (χ3n) is 9.46. The maximum absolute atomic E-state index is 13.6. The van der Waals surface area contributed by atoms with Crippen LogP contribution in [0.25, 0.3) is 11.1 Å². The van der Waals surface area contributed by atoms with E-state index in [4.69, 9.17) is 9.57 Å². The van der Waals surface area contributed by atoms with Crippen LogP contribution in [0.5, 0.6) is 0 Å². The van der Waals surface area contributed by atoms with Crippen LogP contribution < -0.4 is 0 Å². The minimum Gasteiger partial charge on any atom is -0.448 e. The van der Waals surface area contributed by atoms with Gasteiger partial charge < -0.3 is 14.5 Å². The fourth-order valence-corrected chi connectivity index (χ4v) is 7.36. The van der Waals surface area contributed by atoms with Crippen LogP contribution in [0.3, 0.4) is 0 Å². The second kappa shape index (κ2) is 10.7. The monoisotopic (exact) mass is 564 g/mol. The summed E-state index contributed by atoms with van der Waals surface area (Å²) in [4.78, 5) is 59.8. The van der Waals surface area contributed by atoms with Crippen LogP contribution in [0.15, 0.2) is 72.8 Å². The number of imide groups is 1. The van der Waals surface area contributed by atoms with Crippen molar-refractivity contribution >= 4 is 23.9 Å². The van der Waals surface area contributed by atoms with E-state index in [1.54, 1.807) is 29.2 Å². The Morgan fingerprint density at radius 3 is 1.86 bits per heavy atom. The normalized spacial score (nSPS) is 21.7. The minimum absolute atomic E-state index is 0.0623. The molecule has 0 aromatic heterocycles. The Morgan fingerprint density at radius 2 is 1.26 bits per heavy atom. The van der Waals surface area contributed by atoms with Crippen LogP contribution in [0, 0.1) is 17.8 Å². The van der Waals surface area contributed by atoms with Gasteiger partial charge in [-0.2, -0.15) is 0 Å². The van der Waals surface area contributed by atoms with E-state index in [2.05, 4.69) is 24.3 Å². The van der Waals surface area contributed by atoms with Gasteiger partial charge in [0, 0.05) is 19.0 Å². The van der Waals surface area contributed by atoms with E-state index in [-0.39, 0.29) is 42.0 Å². The van der Waals surface area contributed by atoms with Crippen LogP contribution in [-0.4, -0.2) is 53.5 Å². The Bertz CT molecular complexity index is 1500. The summed E-state index contributed by atoms with van der Waals surface area (Å²) in [5.74, 6) is -2.55. The van der Waals surface area contributed by atoms with Crippen molar-refractivity contribution in [2.75, 3.05) is 19.7 Å². The maximum Gasteiger partial charge on any atom is 0.409 e. The lowest BCUT2D eigenvalue weighted by molar-refractivity contribution is -0.175. The van der Waals surface area contributed by atoms with Gasteiger partial charge in [0.25, 0.3) is 11.8 Å². The molecule has 3 aromatic carbocycles. The second-order valence-corrected chi connectivity index (χ2v) is 11.7. The van der Waals surface area contributed by atoms with E-state index in [9.17, 15) is 19.2 Å². The van der Waals surface area contributed by atoms with Gasteiger partial charge in [-0.25, -0.2) is 9.59 Å². The molecule has 2 heterocycles. The molecule has 7 rings (SSSR count). The number of nitrogens with zero attached hydrogens (tertiary/aromatic N) is 2. The number of hydroxylamine groups is 2. The summed E-state index contributed by atoms with van der Waals surface area (Å²) in [5, 5.41) is 0.570. The SMILES string of the molecule is O=C(ON1C(=O)c2ccccc2C1=O)[C@@H]1CN(C(=O)OCC2c3ccccc3-c3ccccc32)C[C@H]1C1CCCCC1. The summed E-state index contributed by atoms with van der Waals surface area (Å²) in [6.45, 7) is 0.699. The summed E-state index contributed by atoms with van der Waals surface area (Å²) in [6, 6.07) is 22.8. The van der Waals surface area contributed by atoms with Crippen molar-refractivity contribution in [3.05, 3.63) is 95.1 Å². The van der Waals surface area contributed by atoms with E-state index in [1.165, 1.54) is 0 Å². The Kier molecular flexibility index (Phi) is 6.76. The van der Waals surface area contributed by atoms with Crippen LogP contribution in [-0.2, 0) is 14.4 Å². The standard InChI is InChI=1S/C34H32N2O6/c37-31-26-16-8-9-17-27(26)32(38)36(31)42-33(39)29-19-35(18-28(29)21-10-2-1-3-11-21)34(40)41-20-30-24-14-6-4-12-22(24)23-13-5-7-15-25(23)30/h4-9,12-17,21,28-30H,1-3,10-11,18-20H2/t28-,29+/m0/s1. The molecule has 2 atom stereocenters. The molecule has 2 aliphatic carbocycles. The highest BCUT2D eigenvalue weighted by Gasteiger charge is 2.47. The largest absolute Gasteiger partial charge is 0.448 e. The average molecular weight is 565 g/mol. The molecular weight excluding hydrogens is 532 g/mol. The predicted octanol–water partition coefficient (Wildman–Crippen LogP) is 5.82. The molecule has 0 bridgehead atoms. The molecule has 4 aliphatic rings. The number of hydrogen-bond donors (Lipinski definition) is 0. The van der Waals surface area contributed by atoms with Gasteiger partial charge in [-0.15, -0.1) is 0 Å². The van der Waals surface area contributed by atoms with Crippen molar-refractivity contribution in [1.82, 2.24) is 9.96 Å². The number of carbonyl (C=O) groups is 4. The zero-order chi connectivity index (χ0) is 28.8. The summed E-state index contributed by atoms with van der Waals surface area (Å²) >= 11 is 0. The molecule has 2 fully saturated rings. The van der Waals surface area contributed by atoms with Gasteiger partial charge in [0.1, 0.15) is 6.61 Å². The van der Waals surface area contributed by atoms with E-state index >= 15 is 0 Å². The first-order chi connectivity index (χ1) is 20.5. The zero-order valence-electron chi connectivity index (χ0n) is 23.2. The summed E-state index contributed by atoms with van der Waals surface area (Å²) in [7, 11) is 0. The fraction of sp³-hybridized carbons (Fsp3) is 0.353. The molecule has 0 N–H and O–H groups in total. The van der Waals surface area contributed by atoms with Crippen molar-refractivity contribution in [1.29, 1.82) is 0 Å². The first-order valence-corrected chi connectivity index (χ1v) is 14.8. The number of fused-ring (bicyclic) bond motifs is 4. The predicted molar refractivity (Wildman–Crippen MR) is 153 cm³/mol. The van der Waals surface area contributed by atoms with Crippen molar-refractivity contribution in [3.63, 3.8) is 0 Å². The minimum atomic E-state index is -0.658. The molecule has 214 valence electrons. The fourth-order valence-electron chi connectivity index (χ4n) is 7.36. The van der Waals surface area contributed by atoms with Gasteiger partial charge in [0.05, 0.1) is 17.0 Å². The molecule has 0 spiro atoms. The molecule has 1 saturated carbocycles. The number of likely N-dealkylation sites (tertiary alicyclic amines) is 1. The van der Waals surface area contributed by atoms with Gasteiger partial charge in [0.15, 0.2) is 0 Å². The van der Waals surface area contributed by atoms with E-state index in [0.717, 1.165) is 54.4 Å². The van der Waals surface area contributed by atoms with Crippen LogP contribution in [0.1, 0.15) is 69.9 Å². The molecule has 3 aromatic rings. The smallest absolute Gasteiger partial charge is 0.409 e. The molecule has 1 saturated heterocycles. The Labute approximate surface area is 244 Å². The number of rotatable bonds is 5. The molecule has 8 nitrogen and oxygen atoms in total. The number of benzene rings is 3. The highest BCUT2D eigenvalue weighted by Crippen LogP contribution is 2.45. The van der Waals surface area contributed by atoms with E-state index in [0.29, 0.717) is 11.6 Å². The number of ether oxygens (including phenoxy) is 1. The molecule has 42 heavy (non-hydrogen) atoms. The van der Waals surface area contributed by atoms with Crippen LogP contribution in [0.2, 0.25) is 0 Å². The molecule has 0 radical (unpaired) electrons. The van der Waals surface area contributed by atoms with Crippen molar-refractivity contribution < 1.29 is 28.8 Å². The van der Waals surface area contributed by atoms with Gasteiger partial charge in [-0.3, -0.25) is 9.59 Å². The highest BCUT2D eigenvalue weighted by atomic mass is 16.7. The highest BCUT2D eigenvalue weighted by molar-refractivity contribution is 6.20. The van der Waals surface area contributed by atoms with Gasteiger partial charge >= 0.3 is 12.1 Å². The van der Waals surface area contributed by atoms with E-state index in [1.807, 2.05) is 24.3 Å². The number of amides is 3.